The number of carbonyl (C=O) groups is 2. The first-order valence-corrected chi connectivity index (χ1v) is 6.33. The molecular formula is C12H13F2NO3S. The predicted octanol–water partition coefficient (Wildman–Crippen LogP) is 2.04. The van der Waals surface area contributed by atoms with E-state index in [1.165, 1.54) is 19.9 Å². The van der Waals surface area contributed by atoms with Gasteiger partial charge in [-0.05, 0) is 26.0 Å². The van der Waals surface area contributed by atoms with Crippen molar-refractivity contribution in [1.29, 1.82) is 0 Å². The van der Waals surface area contributed by atoms with Gasteiger partial charge < -0.3 is 10.4 Å². The number of rotatable bonds is 5. The van der Waals surface area contributed by atoms with Crippen molar-refractivity contribution in [3.63, 3.8) is 0 Å². The summed E-state index contributed by atoms with van der Waals surface area (Å²) >= 11 is 0.870. The van der Waals surface area contributed by atoms with Crippen molar-refractivity contribution in [2.24, 2.45) is 0 Å². The summed E-state index contributed by atoms with van der Waals surface area (Å²) in [6.45, 7) is 2.69. The Bertz CT molecular complexity index is 506. The molecule has 1 aromatic carbocycles. The third-order valence-electron chi connectivity index (χ3n) is 2.24. The van der Waals surface area contributed by atoms with E-state index in [1.54, 1.807) is 0 Å². The summed E-state index contributed by atoms with van der Waals surface area (Å²) in [5.41, 5.74) is -1.39. The van der Waals surface area contributed by atoms with Crippen LogP contribution in [0.5, 0.6) is 0 Å². The zero-order valence-electron chi connectivity index (χ0n) is 10.4. The van der Waals surface area contributed by atoms with E-state index in [1.807, 2.05) is 0 Å². The van der Waals surface area contributed by atoms with E-state index in [9.17, 15) is 18.4 Å². The Balaban J connectivity index is 2.57. The molecule has 0 unspecified atom stereocenters. The van der Waals surface area contributed by atoms with Crippen LogP contribution >= 0.6 is 11.8 Å². The van der Waals surface area contributed by atoms with Crippen molar-refractivity contribution in [2.45, 2.75) is 24.3 Å². The molecule has 0 aliphatic carbocycles. The van der Waals surface area contributed by atoms with Gasteiger partial charge in [-0.25, -0.2) is 13.6 Å². The molecule has 2 N–H and O–H groups in total. The molecule has 0 aliphatic heterocycles. The van der Waals surface area contributed by atoms with Crippen LogP contribution in [0.4, 0.5) is 8.78 Å². The monoisotopic (exact) mass is 289 g/mol. The topological polar surface area (TPSA) is 66.4 Å². The number of carboxylic acid groups (broad SMARTS) is 1. The van der Waals surface area contributed by atoms with Crippen LogP contribution in [0.1, 0.15) is 13.8 Å². The Morgan fingerprint density at radius 2 is 2.00 bits per heavy atom. The fourth-order valence-corrected chi connectivity index (χ4v) is 1.89. The Kier molecular flexibility index (Phi) is 4.88. The van der Waals surface area contributed by atoms with Crippen LogP contribution in [0.25, 0.3) is 0 Å². The van der Waals surface area contributed by atoms with E-state index in [-0.39, 0.29) is 10.6 Å². The van der Waals surface area contributed by atoms with Crippen LogP contribution < -0.4 is 5.32 Å². The molecule has 0 heterocycles. The highest BCUT2D eigenvalue weighted by Crippen LogP contribution is 2.22. The first-order valence-electron chi connectivity index (χ1n) is 5.34. The largest absolute Gasteiger partial charge is 0.480 e. The Hall–Kier alpha value is -1.63. The molecule has 1 aromatic rings. The number of aliphatic carboxylic acids is 1. The van der Waals surface area contributed by atoms with E-state index in [0.29, 0.717) is 0 Å². The zero-order valence-corrected chi connectivity index (χ0v) is 11.2. The van der Waals surface area contributed by atoms with Gasteiger partial charge in [-0.2, -0.15) is 0 Å². The first-order chi connectivity index (χ1) is 8.72. The third-order valence-corrected chi connectivity index (χ3v) is 3.29. The van der Waals surface area contributed by atoms with Gasteiger partial charge in [-0.1, -0.05) is 0 Å². The second kappa shape index (κ2) is 6.01. The summed E-state index contributed by atoms with van der Waals surface area (Å²) in [6, 6.07) is 3.04. The highest BCUT2D eigenvalue weighted by atomic mass is 32.2. The highest BCUT2D eigenvalue weighted by Gasteiger charge is 2.28. The maximum absolute atomic E-state index is 13.3. The molecule has 0 spiro atoms. The van der Waals surface area contributed by atoms with E-state index >= 15 is 0 Å². The van der Waals surface area contributed by atoms with Crippen molar-refractivity contribution >= 4 is 23.6 Å². The lowest BCUT2D eigenvalue weighted by Gasteiger charge is -2.20. The van der Waals surface area contributed by atoms with Crippen molar-refractivity contribution in [2.75, 3.05) is 5.75 Å². The fourth-order valence-electron chi connectivity index (χ4n) is 1.17. The second-order valence-electron chi connectivity index (χ2n) is 4.34. The molecule has 7 heteroatoms. The number of amides is 1. The van der Waals surface area contributed by atoms with Gasteiger partial charge in [0.25, 0.3) is 0 Å². The summed E-state index contributed by atoms with van der Waals surface area (Å²) in [5, 5.41) is 11.1. The van der Waals surface area contributed by atoms with Gasteiger partial charge in [0.1, 0.15) is 17.2 Å². The number of carboxylic acids is 1. The molecule has 0 bridgehead atoms. The fraction of sp³-hybridized carbons (Fsp3) is 0.333. The number of hydrogen-bond donors (Lipinski definition) is 2. The highest BCUT2D eigenvalue weighted by molar-refractivity contribution is 8.00. The van der Waals surface area contributed by atoms with Crippen LogP contribution in [-0.2, 0) is 9.59 Å². The molecule has 1 amide bonds. The molecular weight excluding hydrogens is 276 g/mol. The van der Waals surface area contributed by atoms with E-state index < -0.39 is 29.0 Å². The lowest BCUT2D eigenvalue weighted by molar-refractivity contribution is -0.145. The van der Waals surface area contributed by atoms with Crippen LogP contribution in [0.2, 0.25) is 0 Å². The molecule has 104 valence electrons. The minimum Gasteiger partial charge on any atom is -0.480 e. The molecule has 4 nitrogen and oxygen atoms in total. The molecule has 1 rings (SSSR count). The number of thioether (sulfide) groups is 1. The van der Waals surface area contributed by atoms with Gasteiger partial charge in [0.05, 0.1) is 5.75 Å². The van der Waals surface area contributed by atoms with Crippen molar-refractivity contribution < 1.29 is 23.5 Å². The Morgan fingerprint density at radius 1 is 1.37 bits per heavy atom. The minimum atomic E-state index is -1.39. The number of hydrogen-bond acceptors (Lipinski definition) is 3. The normalized spacial score (nSPS) is 11.2. The summed E-state index contributed by atoms with van der Waals surface area (Å²) in [5.74, 6) is -3.31. The van der Waals surface area contributed by atoms with Crippen LogP contribution in [-0.4, -0.2) is 28.3 Å². The van der Waals surface area contributed by atoms with E-state index in [2.05, 4.69) is 5.32 Å². The minimum absolute atomic E-state index is 0.129. The van der Waals surface area contributed by atoms with Crippen molar-refractivity contribution in [3.8, 4) is 0 Å². The maximum atomic E-state index is 13.3. The van der Waals surface area contributed by atoms with Gasteiger partial charge in [0.15, 0.2) is 0 Å². The number of nitrogens with one attached hydrogen (secondary N) is 1. The molecule has 0 atom stereocenters. The standard InChI is InChI=1S/C12H13F2NO3S/c1-12(2,11(17)18)15-10(16)6-19-9-4-3-7(13)5-8(9)14/h3-5H,6H2,1-2H3,(H,15,16)(H,17,18). The molecule has 0 fully saturated rings. The number of halogens is 2. The lowest BCUT2D eigenvalue weighted by Crippen LogP contribution is -2.50. The average molecular weight is 289 g/mol. The molecule has 0 aromatic heterocycles. The van der Waals surface area contributed by atoms with Gasteiger partial charge >= 0.3 is 5.97 Å². The van der Waals surface area contributed by atoms with Gasteiger partial charge in [0.2, 0.25) is 5.91 Å². The number of carbonyl (C=O) groups excluding carboxylic acids is 1. The lowest BCUT2D eigenvalue weighted by atomic mass is 10.1. The van der Waals surface area contributed by atoms with E-state index in [4.69, 9.17) is 5.11 Å². The SMILES string of the molecule is CC(C)(NC(=O)CSc1ccc(F)cc1F)C(=O)O. The quantitative estimate of drug-likeness (QED) is 0.814. The summed E-state index contributed by atoms with van der Waals surface area (Å²) < 4.78 is 25.9. The molecule has 19 heavy (non-hydrogen) atoms. The first kappa shape index (κ1) is 15.4. The average Bonchev–Trinajstić information content (AvgIpc) is 2.27. The maximum Gasteiger partial charge on any atom is 0.328 e. The molecule has 0 aliphatic rings. The Morgan fingerprint density at radius 3 is 2.53 bits per heavy atom. The molecule has 0 radical (unpaired) electrons. The van der Waals surface area contributed by atoms with Crippen molar-refractivity contribution in [3.05, 3.63) is 29.8 Å². The van der Waals surface area contributed by atoms with Gasteiger partial charge in [0, 0.05) is 11.0 Å². The summed E-state index contributed by atoms with van der Waals surface area (Å²) in [4.78, 5) is 22.5. The zero-order chi connectivity index (χ0) is 14.6. The van der Waals surface area contributed by atoms with Crippen LogP contribution in [0.3, 0.4) is 0 Å². The van der Waals surface area contributed by atoms with E-state index in [0.717, 1.165) is 23.9 Å². The van der Waals surface area contributed by atoms with Gasteiger partial charge in [-0.15, -0.1) is 11.8 Å². The van der Waals surface area contributed by atoms with Gasteiger partial charge in [-0.3, -0.25) is 4.79 Å². The number of benzene rings is 1. The predicted molar refractivity (Wildman–Crippen MR) is 66.9 cm³/mol. The Labute approximate surface area is 113 Å². The summed E-state index contributed by atoms with van der Waals surface area (Å²) in [7, 11) is 0. The summed E-state index contributed by atoms with van der Waals surface area (Å²) in [6.07, 6.45) is 0. The van der Waals surface area contributed by atoms with Crippen LogP contribution in [0.15, 0.2) is 23.1 Å². The third kappa shape index (κ3) is 4.51. The second-order valence-corrected chi connectivity index (χ2v) is 5.36. The molecule has 0 saturated carbocycles. The smallest absolute Gasteiger partial charge is 0.328 e. The molecule has 0 saturated heterocycles. The van der Waals surface area contributed by atoms with Crippen LogP contribution in [0, 0.1) is 11.6 Å². The van der Waals surface area contributed by atoms with Crippen molar-refractivity contribution in [1.82, 2.24) is 5.32 Å².